The van der Waals surface area contributed by atoms with E-state index in [0.717, 1.165) is 37.3 Å². The molecule has 1 aromatic heterocycles. The Labute approximate surface area is 114 Å². The number of benzene rings is 1. The van der Waals surface area contributed by atoms with Gasteiger partial charge in [0.25, 0.3) is 0 Å². The number of nitrogens with one attached hydrogen (secondary N) is 1. The number of furan rings is 1. The Hall–Kier alpha value is -1.58. The molecule has 3 nitrogen and oxygen atoms in total. The number of rotatable bonds is 8. The maximum absolute atomic E-state index is 5.87. The molecule has 0 spiro atoms. The van der Waals surface area contributed by atoms with Gasteiger partial charge in [-0.1, -0.05) is 24.3 Å². The molecule has 1 N–H and O–H groups in total. The lowest BCUT2D eigenvalue weighted by molar-refractivity contribution is 0.105. The predicted molar refractivity (Wildman–Crippen MR) is 78.1 cm³/mol. The van der Waals surface area contributed by atoms with Crippen LogP contribution >= 0.6 is 0 Å². The smallest absolute Gasteiger partial charge is 0.135 e. The molecule has 2 rings (SSSR count). The van der Waals surface area contributed by atoms with Gasteiger partial charge in [0.15, 0.2) is 0 Å². The molecule has 0 aliphatic carbocycles. The molecule has 1 aromatic carbocycles. The maximum Gasteiger partial charge on any atom is 0.135 e. The Kier molecular flexibility index (Phi) is 5.19. The lowest BCUT2D eigenvalue weighted by atomic mass is 10.1. The Morgan fingerprint density at radius 2 is 2.21 bits per heavy atom. The average molecular weight is 259 g/mol. The first-order valence-corrected chi connectivity index (χ1v) is 6.69. The minimum Gasteiger partial charge on any atom is -0.458 e. The second-order valence-corrected chi connectivity index (χ2v) is 4.51. The van der Waals surface area contributed by atoms with Gasteiger partial charge in [0.2, 0.25) is 0 Å². The monoisotopic (exact) mass is 259 g/mol. The van der Waals surface area contributed by atoms with Crippen LogP contribution in [-0.4, -0.2) is 13.7 Å². The lowest BCUT2D eigenvalue weighted by Gasteiger charge is -2.04. The summed E-state index contributed by atoms with van der Waals surface area (Å²) in [5.41, 5.74) is 2.12. The summed E-state index contributed by atoms with van der Waals surface area (Å²) in [6.45, 7) is 5.76. The van der Waals surface area contributed by atoms with Crippen molar-refractivity contribution in [3.63, 3.8) is 0 Å². The Balaban J connectivity index is 2.08. The van der Waals surface area contributed by atoms with Crippen LogP contribution < -0.4 is 5.32 Å². The summed E-state index contributed by atoms with van der Waals surface area (Å²) in [7, 11) is 1.94. The molecule has 0 atom stereocenters. The molecule has 0 fully saturated rings. The molecular formula is C16H21NO2. The standard InChI is InChI=1S/C16H21NO2/c1-3-4-7-10-18-12-16-14(11-17-2)13-8-5-6-9-15(13)19-16/h3,5-6,8-9,17H,1,4,7,10-12H2,2H3. The molecule has 0 amide bonds. The minimum absolute atomic E-state index is 0.531. The molecule has 0 aliphatic heterocycles. The number of ether oxygens (including phenoxy) is 1. The van der Waals surface area contributed by atoms with Crippen molar-refractivity contribution in [3.8, 4) is 0 Å². The molecule has 0 saturated carbocycles. The topological polar surface area (TPSA) is 34.4 Å². The zero-order valence-electron chi connectivity index (χ0n) is 11.4. The van der Waals surface area contributed by atoms with Gasteiger partial charge in [-0.15, -0.1) is 6.58 Å². The third kappa shape index (κ3) is 3.46. The number of para-hydroxylation sites is 1. The third-order valence-corrected chi connectivity index (χ3v) is 3.07. The Morgan fingerprint density at radius 1 is 1.37 bits per heavy atom. The van der Waals surface area contributed by atoms with Crippen molar-refractivity contribution in [1.29, 1.82) is 0 Å². The number of unbranched alkanes of at least 4 members (excludes halogenated alkanes) is 1. The fraction of sp³-hybridized carbons (Fsp3) is 0.375. The van der Waals surface area contributed by atoms with Crippen LogP contribution in [0.4, 0.5) is 0 Å². The SMILES string of the molecule is C=CCCCOCc1oc2ccccc2c1CNC. The van der Waals surface area contributed by atoms with E-state index in [1.807, 2.05) is 31.3 Å². The zero-order chi connectivity index (χ0) is 13.5. The van der Waals surface area contributed by atoms with Crippen LogP contribution in [0.3, 0.4) is 0 Å². The minimum atomic E-state index is 0.531. The highest BCUT2D eigenvalue weighted by molar-refractivity contribution is 5.82. The molecular weight excluding hydrogens is 238 g/mol. The summed E-state index contributed by atoms with van der Waals surface area (Å²) in [5.74, 6) is 0.925. The molecule has 102 valence electrons. The molecule has 0 unspecified atom stereocenters. The predicted octanol–water partition coefficient (Wildman–Crippen LogP) is 3.64. The normalized spacial score (nSPS) is 11.0. The van der Waals surface area contributed by atoms with Crippen LogP contribution in [0.2, 0.25) is 0 Å². The first kappa shape index (κ1) is 13.8. The van der Waals surface area contributed by atoms with Gasteiger partial charge in [-0.05, 0) is 26.0 Å². The van der Waals surface area contributed by atoms with Gasteiger partial charge in [0, 0.05) is 24.1 Å². The van der Waals surface area contributed by atoms with E-state index in [-0.39, 0.29) is 0 Å². The molecule has 3 heteroatoms. The second kappa shape index (κ2) is 7.12. The van der Waals surface area contributed by atoms with Crippen molar-refractivity contribution in [3.05, 3.63) is 48.2 Å². The van der Waals surface area contributed by atoms with E-state index in [9.17, 15) is 0 Å². The van der Waals surface area contributed by atoms with E-state index < -0.39 is 0 Å². The summed E-state index contributed by atoms with van der Waals surface area (Å²) in [6, 6.07) is 8.11. The third-order valence-electron chi connectivity index (χ3n) is 3.07. The lowest BCUT2D eigenvalue weighted by Crippen LogP contribution is -2.07. The van der Waals surface area contributed by atoms with Gasteiger partial charge >= 0.3 is 0 Å². The van der Waals surface area contributed by atoms with Crippen LogP contribution in [0.5, 0.6) is 0 Å². The first-order chi connectivity index (χ1) is 9.36. The molecule has 0 aliphatic rings. The van der Waals surface area contributed by atoms with Crippen LogP contribution in [-0.2, 0) is 17.9 Å². The average Bonchev–Trinajstić information content (AvgIpc) is 2.78. The van der Waals surface area contributed by atoms with Crippen molar-refractivity contribution in [2.45, 2.75) is 26.0 Å². The molecule has 0 saturated heterocycles. The van der Waals surface area contributed by atoms with Crippen LogP contribution in [0.25, 0.3) is 11.0 Å². The molecule has 0 bridgehead atoms. The van der Waals surface area contributed by atoms with E-state index >= 15 is 0 Å². The Bertz CT molecular complexity index is 531. The molecule has 19 heavy (non-hydrogen) atoms. The second-order valence-electron chi connectivity index (χ2n) is 4.51. The van der Waals surface area contributed by atoms with E-state index in [0.29, 0.717) is 6.61 Å². The Morgan fingerprint density at radius 3 is 3.00 bits per heavy atom. The van der Waals surface area contributed by atoms with Gasteiger partial charge in [-0.2, -0.15) is 0 Å². The highest BCUT2D eigenvalue weighted by atomic mass is 16.5. The molecule has 2 aromatic rings. The van der Waals surface area contributed by atoms with Crippen molar-refractivity contribution in [1.82, 2.24) is 5.32 Å². The summed E-state index contributed by atoms with van der Waals surface area (Å²) in [6.07, 6.45) is 3.91. The summed E-state index contributed by atoms with van der Waals surface area (Å²) in [4.78, 5) is 0. The number of allylic oxidation sites excluding steroid dienone is 1. The van der Waals surface area contributed by atoms with Crippen LogP contribution in [0, 0.1) is 0 Å². The van der Waals surface area contributed by atoms with Crippen molar-refractivity contribution < 1.29 is 9.15 Å². The largest absolute Gasteiger partial charge is 0.458 e. The van der Waals surface area contributed by atoms with Crippen LogP contribution in [0.1, 0.15) is 24.2 Å². The number of hydrogen-bond acceptors (Lipinski definition) is 3. The maximum atomic E-state index is 5.87. The highest BCUT2D eigenvalue weighted by Crippen LogP contribution is 2.26. The highest BCUT2D eigenvalue weighted by Gasteiger charge is 2.12. The van der Waals surface area contributed by atoms with Crippen LogP contribution in [0.15, 0.2) is 41.3 Å². The van der Waals surface area contributed by atoms with E-state index in [1.54, 1.807) is 0 Å². The summed E-state index contributed by atoms with van der Waals surface area (Å²) in [5, 5.41) is 4.35. The number of fused-ring (bicyclic) bond motifs is 1. The molecule has 1 heterocycles. The van der Waals surface area contributed by atoms with Gasteiger partial charge < -0.3 is 14.5 Å². The first-order valence-electron chi connectivity index (χ1n) is 6.69. The molecule has 0 radical (unpaired) electrons. The fourth-order valence-electron chi connectivity index (χ4n) is 2.13. The van der Waals surface area contributed by atoms with E-state index in [1.165, 1.54) is 10.9 Å². The van der Waals surface area contributed by atoms with E-state index in [2.05, 4.69) is 18.0 Å². The fourth-order valence-corrected chi connectivity index (χ4v) is 2.13. The van der Waals surface area contributed by atoms with Gasteiger partial charge in [0.05, 0.1) is 0 Å². The number of hydrogen-bond donors (Lipinski definition) is 1. The van der Waals surface area contributed by atoms with Gasteiger partial charge in [-0.3, -0.25) is 0 Å². The van der Waals surface area contributed by atoms with Gasteiger partial charge in [0.1, 0.15) is 18.0 Å². The van der Waals surface area contributed by atoms with Gasteiger partial charge in [-0.25, -0.2) is 0 Å². The summed E-state index contributed by atoms with van der Waals surface area (Å²) < 4.78 is 11.5. The summed E-state index contributed by atoms with van der Waals surface area (Å²) >= 11 is 0. The zero-order valence-corrected chi connectivity index (χ0v) is 11.4. The van der Waals surface area contributed by atoms with Crippen molar-refractivity contribution in [2.75, 3.05) is 13.7 Å². The van der Waals surface area contributed by atoms with Crippen molar-refractivity contribution >= 4 is 11.0 Å². The van der Waals surface area contributed by atoms with E-state index in [4.69, 9.17) is 9.15 Å². The quantitative estimate of drug-likeness (QED) is 0.580. The van der Waals surface area contributed by atoms with Crippen molar-refractivity contribution in [2.24, 2.45) is 0 Å².